The minimum atomic E-state index is 0.139. The van der Waals surface area contributed by atoms with E-state index >= 15 is 0 Å². The fourth-order valence-electron chi connectivity index (χ4n) is 1.09. The van der Waals surface area contributed by atoms with Gasteiger partial charge in [-0.25, -0.2) is 0 Å². The molecule has 2 heteroatoms. The second-order valence-electron chi connectivity index (χ2n) is 2.55. The molecule has 1 aromatic rings. The van der Waals surface area contributed by atoms with Gasteiger partial charge in [-0.3, -0.25) is 0 Å². The lowest BCUT2D eigenvalue weighted by molar-refractivity contribution is -0.109. The molecule has 0 aliphatic heterocycles. The molecule has 0 aromatic carbocycles. The summed E-state index contributed by atoms with van der Waals surface area (Å²) in [5, 5.41) is 2.02. The molecule has 60 valence electrons. The van der Waals surface area contributed by atoms with Crippen LogP contribution in [0.4, 0.5) is 0 Å². The first-order valence-electron chi connectivity index (χ1n) is 3.87. The molecule has 0 aliphatic carbocycles. The Morgan fingerprint density at radius 2 is 2.55 bits per heavy atom. The van der Waals surface area contributed by atoms with E-state index in [2.05, 4.69) is 6.92 Å². The zero-order chi connectivity index (χ0) is 8.10. The van der Waals surface area contributed by atoms with Gasteiger partial charge >= 0.3 is 0 Å². The lowest BCUT2D eigenvalue weighted by Gasteiger charge is -2.03. The Hall–Kier alpha value is -0.630. The standard InChI is InChI=1S/C9H12OS/c1-2-4-8(7-10)9-5-3-6-11-9/h3,5-8H,2,4H2,1H3. The minimum absolute atomic E-state index is 0.139. The van der Waals surface area contributed by atoms with Crippen molar-refractivity contribution in [3.63, 3.8) is 0 Å². The van der Waals surface area contributed by atoms with E-state index < -0.39 is 0 Å². The van der Waals surface area contributed by atoms with Gasteiger partial charge in [0.25, 0.3) is 0 Å². The number of carbonyl (C=O) groups excluding carboxylic acids is 1. The van der Waals surface area contributed by atoms with Crippen molar-refractivity contribution in [2.75, 3.05) is 0 Å². The van der Waals surface area contributed by atoms with Crippen molar-refractivity contribution < 1.29 is 4.79 Å². The van der Waals surface area contributed by atoms with E-state index in [1.54, 1.807) is 11.3 Å². The minimum Gasteiger partial charge on any atom is -0.303 e. The smallest absolute Gasteiger partial charge is 0.128 e. The average Bonchev–Trinajstić information content (AvgIpc) is 2.52. The predicted molar refractivity (Wildman–Crippen MR) is 48.0 cm³/mol. The molecule has 1 heterocycles. The maximum atomic E-state index is 10.6. The van der Waals surface area contributed by atoms with Crippen molar-refractivity contribution in [2.24, 2.45) is 0 Å². The fourth-order valence-corrected chi connectivity index (χ4v) is 1.91. The normalized spacial score (nSPS) is 12.8. The number of carbonyl (C=O) groups is 1. The van der Waals surface area contributed by atoms with Crippen molar-refractivity contribution in [3.05, 3.63) is 22.4 Å². The largest absolute Gasteiger partial charge is 0.303 e. The van der Waals surface area contributed by atoms with Gasteiger partial charge in [-0.15, -0.1) is 11.3 Å². The highest BCUT2D eigenvalue weighted by atomic mass is 32.1. The molecule has 0 aliphatic rings. The molecule has 0 radical (unpaired) electrons. The third kappa shape index (κ3) is 2.15. The number of hydrogen-bond acceptors (Lipinski definition) is 2. The zero-order valence-corrected chi connectivity index (χ0v) is 7.43. The van der Waals surface area contributed by atoms with Crippen LogP contribution in [-0.2, 0) is 4.79 Å². The molecule has 0 amide bonds. The summed E-state index contributed by atoms with van der Waals surface area (Å²) in [5.41, 5.74) is 0. The molecule has 0 saturated carbocycles. The van der Waals surface area contributed by atoms with E-state index in [1.807, 2.05) is 17.5 Å². The van der Waals surface area contributed by atoms with Crippen LogP contribution in [0.25, 0.3) is 0 Å². The topological polar surface area (TPSA) is 17.1 Å². The van der Waals surface area contributed by atoms with Crippen LogP contribution in [0, 0.1) is 0 Å². The van der Waals surface area contributed by atoms with Gasteiger partial charge in [0.2, 0.25) is 0 Å². The number of hydrogen-bond donors (Lipinski definition) is 0. The van der Waals surface area contributed by atoms with Gasteiger partial charge in [-0.2, -0.15) is 0 Å². The van der Waals surface area contributed by atoms with Crippen molar-refractivity contribution in [1.82, 2.24) is 0 Å². The van der Waals surface area contributed by atoms with Gasteiger partial charge < -0.3 is 4.79 Å². The number of aldehydes is 1. The maximum absolute atomic E-state index is 10.6. The van der Waals surface area contributed by atoms with Crippen LogP contribution >= 0.6 is 11.3 Å². The van der Waals surface area contributed by atoms with Crippen molar-refractivity contribution in [2.45, 2.75) is 25.7 Å². The van der Waals surface area contributed by atoms with Crippen molar-refractivity contribution >= 4 is 17.6 Å². The summed E-state index contributed by atoms with van der Waals surface area (Å²) < 4.78 is 0. The molecular formula is C9H12OS. The van der Waals surface area contributed by atoms with Crippen LogP contribution in [-0.4, -0.2) is 6.29 Å². The third-order valence-corrected chi connectivity index (χ3v) is 2.68. The molecule has 0 N–H and O–H groups in total. The lowest BCUT2D eigenvalue weighted by atomic mass is 10.0. The van der Waals surface area contributed by atoms with E-state index in [0.29, 0.717) is 0 Å². The second kappa shape index (κ2) is 4.29. The Kier molecular flexibility index (Phi) is 3.30. The third-order valence-electron chi connectivity index (χ3n) is 1.67. The van der Waals surface area contributed by atoms with Gasteiger partial charge in [0, 0.05) is 10.8 Å². The van der Waals surface area contributed by atoms with Gasteiger partial charge in [-0.1, -0.05) is 19.4 Å². The van der Waals surface area contributed by atoms with Crippen molar-refractivity contribution in [1.29, 1.82) is 0 Å². The highest BCUT2D eigenvalue weighted by molar-refractivity contribution is 7.10. The number of thiophene rings is 1. The molecule has 0 spiro atoms. The first-order chi connectivity index (χ1) is 5.38. The zero-order valence-electron chi connectivity index (χ0n) is 6.62. The summed E-state index contributed by atoms with van der Waals surface area (Å²) in [6, 6.07) is 4.02. The quantitative estimate of drug-likeness (QED) is 0.632. The molecular weight excluding hydrogens is 156 g/mol. The van der Waals surface area contributed by atoms with Gasteiger partial charge in [0.1, 0.15) is 6.29 Å². The molecule has 0 bridgehead atoms. The molecule has 1 rings (SSSR count). The lowest BCUT2D eigenvalue weighted by Crippen LogP contribution is -1.95. The van der Waals surface area contributed by atoms with E-state index in [4.69, 9.17) is 0 Å². The Balaban J connectivity index is 2.63. The summed E-state index contributed by atoms with van der Waals surface area (Å²) in [7, 11) is 0. The van der Waals surface area contributed by atoms with Crippen LogP contribution in [0.15, 0.2) is 17.5 Å². The SMILES string of the molecule is CCCC(C=O)c1cccs1. The van der Waals surface area contributed by atoms with Crippen LogP contribution in [0.5, 0.6) is 0 Å². The Bertz CT molecular complexity index is 203. The first-order valence-corrected chi connectivity index (χ1v) is 4.75. The summed E-state index contributed by atoms with van der Waals surface area (Å²) in [5.74, 6) is 0.139. The van der Waals surface area contributed by atoms with Crippen LogP contribution in [0.3, 0.4) is 0 Å². The Morgan fingerprint density at radius 3 is 3.00 bits per heavy atom. The Labute approximate surface area is 71.1 Å². The van der Waals surface area contributed by atoms with Gasteiger partial charge in [0.05, 0.1) is 0 Å². The molecule has 11 heavy (non-hydrogen) atoms. The molecule has 1 atom stereocenters. The molecule has 0 fully saturated rings. The summed E-state index contributed by atoms with van der Waals surface area (Å²) in [4.78, 5) is 11.8. The predicted octanol–water partition coefficient (Wildman–Crippen LogP) is 2.83. The second-order valence-corrected chi connectivity index (χ2v) is 3.53. The van der Waals surface area contributed by atoms with Gasteiger partial charge in [0.15, 0.2) is 0 Å². The molecule has 1 unspecified atom stereocenters. The highest BCUT2D eigenvalue weighted by Gasteiger charge is 2.08. The first kappa shape index (κ1) is 8.47. The van der Waals surface area contributed by atoms with Crippen LogP contribution < -0.4 is 0 Å². The highest BCUT2D eigenvalue weighted by Crippen LogP contribution is 2.23. The van der Waals surface area contributed by atoms with E-state index in [0.717, 1.165) is 19.1 Å². The average molecular weight is 168 g/mol. The van der Waals surface area contributed by atoms with Crippen LogP contribution in [0.1, 0.15) is 30.6 Å². The van der Waals surface area contributed by atoms with E-state index in [1.165, 1.54) is 4.88 Å². The molecule has 1 aromatic heterocycles. The van der Waals surface area contributed by atoms with E-state index in [-0.39, 0.29) is 5.92 Å². The molecule has 1 nitrogen and oxygen atoms in total. The van der Waals surface area contributed by atoms with Crippen LogP contribution in [0.2, 0.25) is 0 Å². The van der Waals surface area contributed by atoms with Crippen molar-refractivity contribution in [3.8, 4) is 0 Å². The Morgan fingerprint density at radius 1 is 1.73 bits per heavy atom. The van der Waals surface area contributed by atoms with E-state index in [9.17, 15) is 4.79 Å². The summed E-state index contributed by atoms with van der Waals surface area (Å²) >= 11 is 1.66. The summed E-state index contributed by atoms with van der Waals surface area (Å²) in [6.45, 7) is 2.10. The summed E-state index contributed by atoms with van der Waals surface area (Å²) in [6.07, 6.45) is 3.10. The maximum Gasteiger partial charge on any atom is 0.128 e. The fraction of sp³-hybridized carbons (Fsp3) is 0.444. The van der Waals surface area contributed by atoms with Gasteiger partial charge in [-0.05, 0) is 17.9 Å². The monoisotopic (exact) mass is 168 g/mol. The molecule has 0 saturated heterocycles. The number of rotatable bonds is 4.